The van der Waals surface area contributed by atoms with Crippen molar-refractivity contribution in [3.05, 3.63) is 124 Å². The first-order valence-electron chi connectivity index (χ1n) is 18.5. The number of benzene rings is 3. The minimum atomic E-state index is -4.96. The molecule has 0 spiro atoms. The average Bonchev–Trinajstić information content (AvgIpc) is 3.83. The van der Waals surface area contributed by atoms with Crippen LogP contribution in [0.4, 0.5) is 25.8 Å². The molecule has 7 nitrogen and oxygen atoms in total. The summed E-state index contributed by atoms with van der Waals surface area (Å²) >= 11 is 2.45. The number of thiophene rings is 2. The van der Waals surface area contributed by atoms with Crippen LogP contribution in [0.1, 0.15) is 86.4 Å². The number of rotatable bonds is 20. The molecule has 0 aliphatic heterocycles. The maximum atomic E-state index is 13.9. The van der Waals surface area contributed by atoms with Gasteiger partial charge in [0.25, 0.3) is 0 Å². The third-order valence-electron chi connectivity index (χ3n) is 9.17. The molecule has 0 aliphatic rings. The third-order valence-corrected chi connectivity index (χ3v) is 12.7. The van der Waals surface area contributed by atoms with Crippen LogP contribution in [0.25, 0.3) is 33.0 Å². The third kappa shape index (κ3) is 12.8. The maximum Gasteiger partial charge on any atom is 0.384 e. The first-order valence-corrected chi connectivity index (χ1v) is 23.3. The molecule has 0 bridgehead atoms. The fourth-order valence-corrected chi connectivity index (χ4v) is 8.87. The number of nitrogens with zero attached hydrogens (tertiary/aromatic N) is 1. The minimum Gasteiger partial charge on any atom is -0.319 e. The molecule has 2 heterocycles. The van der Waals surface area contributed by atoms with Gasteiger partial charge in [0, 0.05) is 36.6 Å². The summed E-state index contributed by atoms with van der Waals surface area (Å²) in [4.78, 5) is 41.0. The van der Waals surface area contributed by atoms with E-state index >= 15 is 0 Å². The average molecular weight is 826 g/mol. The number of unbranched alkanes of at least 4 members (excludes halogenated alkanes) is 9. The van der Waals surface area contributed by atoms with E-state index < -0.39 is 26.3 Å². The number of anilines is 3. The Morgan fingerprint density at radius 2 is 0.909 bits per heavy atom. The van der Waals surface area contributed by atoms with Crippen LogP contribution in [0, 0.1) is 0 Å². The van der Waals surface area contributed by atoms with Gasteiger partial charge in [-0.2, -0.15) is 8.78 Å². The molecule has 3 aromatic carbocycles. The van der Waals surface area contributed by atoms with Crippen LogP contribution in [0.5, 0.6) is 0 Å². The van der Waals surface area contributed by atoms with E-state index in [1.54, 1.807) is 24.3 Å². The van der Waals surface area contributed by atoms with Crippen LogP contribution in [-0.4, -0.2) is 19.6 Å². The van der Waals surface area contributed by atoms with Gasteiger partial charge in [-0.1, -0.05) is 101 Å². The summed E-state index contributed by atoms with van der Waals surface area (Å²) in [5.41, 5.74) is 2.80. The molecular weight excluding hydrogens is 779 g/mol. The van der Waals surface area contributed by atoms with Crippen LogP contribution < -0.4 is 4.90 Å². The van der Waals surface area contributed by atoms with Crippen molar-refractivity contribution in [3.63, 3.8) is 0 Å². The number of aryl methyl sites for hydroxylation is 1. The molecule has 0 saturated carbocycles. The van der Waals surface area contributed by atoms with Gasteiger partial charge in [0.2, 0.25) is 11.1 Å². The second-order valence-electron chi connectivity index (χ2n) is 13.5. The molecule has 0 fully saturated rings. The standard InChI is InChI=1S/C42H47F2NO6P2S2/c1-2-3-4-5-6-7-8-9-10-11-12-31-13-19-34(20-14-31)45(35-21-15-32(16-22-35)39-27-25-37(54-39)29-41(43)52(46,47)48)36-23-17-33(18-24-36)40-28-26-38(55-40)30-42(44)53(49,50)51/h13-30H,2-12H2,1H3,(H2,46,47,48)(H2,49,50,51)/b41-29+,42-30?. The van der Waals surface area contributed by atoms with Crippen LogP contribution in [0.15, 0.2) is 108 Å². The van der Waals surface area contributed by atoms with Crippen LogP contribution in [-0.2, 0) is 15.6 Å². The minimum absolute atomic E-state index is 0.389. The van der Waals surface area contributed by atoms with E-state index in [9.17, 15) is 17.9 Å². The largest absolute Gasteiger partial charge is 0.384 e. The van der Waals surface area contributed by atoms with Crippen molar-refractivity contribution < 1.29 is 37.5 Å². The lowest BCUT2D eigenvalue weighted by molar-refractivity contribution is 0.367. The Morgan fingerprint density at radius 1 is 0.545 bits per heavy atom. The van der Waals surface area contributed by atoms with E-state index in [4.69, 9.17) is 19.6 Å². The highest BCUT2D eigenvalue weighted by atomic mass is 32.1. The zero-order valence-electron chi connectivity index (χ0n) is 30.7. The van der Waals surface area contributed by atoms with E-state index in [2.05, 4.69) is 36.1 Å². The Balaban J connectivity index is 1.33. The topological polar surface area (TPSA) is 118 Å². The molecular formula is C42H47F2NO6P2S2. The van der Waals surface area contributed by atoms with Gasteiger partial charge in [-0.25, -0.2) is 0 Å². The van der Waals surface area contributed by atoms with Crippen molar-refractivity contribution in [2.24, 2.45) is 0 Å². The van der Waals surface area contributed by atoms with Gasteiger partial charge in [-0.15, -0.1) is 22.7 Å². The van der Waals surface area contributed by atoms with Crippen molar-refractivity contribution in [1.29, 1.82) is 0 Å². The smallest absolute Gasteiger partial charge is 0.319 e. The Morgan fingerprint density at radius 3 is 1.29 bits per heavy atom. The van der Waals surface area contributed by atoms with E-state index in [1.807, 2.05) is 48.5 Å². The summed E-state index contributed by atoms with van der Waals surface area (Å²) in [6, 6.07) is 31.1. The van der Waals surface area contributed by atoms with Gasteiger partial charge >= 0.3 is 15.2 Å². The Bertz CT molecular complexity index is 2020. The monoisotopic (exact) mass is 825 g/mol. The molecule has 0 unspecified atom stereocenters. The summed E-state index contributed by atoms with van der Waals surface area (Å²) in [7, 11) is -9.91. The summed E-state index contributed by atoms with van der Waals surface area (Å²) in [6.45, 7) is 2.25. The number of hydrogen-bond acceptors (Lipinski definition) is 5. The molecule has 0 amide bonds. The normalized spacial score (nSPS) is 12.7. The van der Waals surface area contributed by atoms with Gasteiger partial charge in [0.1, 0.15) is 0 Å². The second-order valence-corrected chi connectivity index (χ2v) is 18.7. The molecule has 5 aromatic rings. The number of hydrogen-bond donors (Lipinski definition) is 4. The van der Waals surface area contributed by atoms with Crippen LogP contribution in [0.2, 0.25) is 0 Å². The summed E-state index contributed by atoms with van der Waals surface area (Å²) in [6.07, 6.45) is 15.7. The van der Waals surface area contributed by atoms with Gasteiger partial charge in [0.15, 0.2) is 0 Å². The summed E-state index contributed by atoms with van der Waals surface area (Å²) < 4.78 is 50.4. The van der Waals surface area contributed by atoms with E-state index in [0.29, 0.717) is 9.75 Å². The van der Waals surface area contributed by atoms with Crippen LogP contribution >= 0.6 is 37.9 Å². The zero-order chi connectivity index (χ0) is 39.4. The first kappa shape index (κ1) is 42.6. The Hall–Kier alpha value is -3.50. The molecule has 0 aliphatic carbocycles. The Labute approximate surface area is 330 Å². The molecule has 0 radical (unpaired) electrons. The highest BCUT2D eigenvalue weighted by Crippen LogP contribution is 2.48. The van der Waals surface area contributed by atoms with Gasteiger partial charge in [-0.05, 0) is 102 Å². The zero-order valence-corrected chi connectivity index (χ0v) is 34.1. The summed E-state index contributed by atoms with van der Waals surface area (Å²) in [5, 5.41) is 0. The van der Waals surface area contributed by atoms with Crippen molar-refractivity contribution in [1.82, 2.24) is 0 Å². The van der Waals surface area contributed by atoms with Crippen LogP contribution in [0.3, 0.4) is 0 Å². The van der Waals surface area contributed by atoms with Gasteiger partial charge in [0.05, 0.1) is 0 Å². The molecule has 2 aromatic heterocycles. The molecule has 5 rings (SSSR count). The van der Waals surface area contributed by atoms with E-state index in [-0.39, 0.29) is 0 Å². The van der Waals surface area contributed by atoms with Crippen molar-refractivity contribution in [2.45, 2.75) is 77.6 Å². The lowest BCUT2D eigenvalue weighted by atomic mass is 10.0. The van der Waals surface area contributed by atoms with Crippen molar-refractivity contribution >= 4 is 67.1 Å². The molecule has 55 heavy (non-hydrogen) atoms. The fourth-order valence-electron chi connectivity index (χ4n) is 6.20. The fraction of sp³-hybridized carbons (Fsp3) is 0.286. The molecule has 0 atom stereocenters. The lowest BCUT2D eigenvalue weighted by Gasteiger charge is -2.26. The Kier molecular flexibility index (Phi) is 15.6. The van der Waals surface area contributed by atoms with Crippen molar-refractivity contribution in [2.75, 3.05) is 4.90 Å². The first-order chi connectivity index (χ1) is 26.3. The second kappa shape index (κ2) is 20.1. The highest BCUT2D eigenvalue weighted by molar-refractivity contribution is 7.56. The number of halogens is 2. The molecule has 13 heteroatoms. The SMILES string of the molecule is CCCCCCCCCCCCc1ccc(N(c2ccc(-c3ccc(C=C(F)P(=O)(O)O)s3)cc2)c2ccc(-c3ccc(/C=C(\F)P(=O)(O)O)s3)cc2)cc1. The summed E-state index contributed by atoms with van der Waals surface area (Å²) in [5.74, 6) is 0. The lowest BCUT2D eigenvalue weighted by Crippen LogP contribution is -2.10. The molecule has 0 saturated heterocycles. The van der Waals surface area contributed by atoms with E-state index in [1.165, 1.54) is 86.0 Å². The van der Waals surface area contributed by atoms with Gasteiger partial charge in [-0.3, -0.25) is 9.13 Å². The van der Waals surface area contributed by atoms with Crippen molar-refractivity contribution in [3.8, 4) is 20.9 Å². The van der Waals surface area contributed by atoms with E-state index in [0.717, 1.165) is 62.9 Å². The molecule has 4 N–H and O–H groups in total. The molecule has 292 valence electrons. The van der Waals surface area contributed by atoms with Gasteiger partial charge < -0.3 is 24.5 Å². The maximum absolute atomic E-state index is 13.9. The highest BCUT2D eigenvalue weighted by Gasteiger charge is 2.22. The predicted octanol–water partition coefficient (Wildman–Crippen LogP) is 14.0. The quantitative estimate of drug-likeness (QED) is 0.0456. The predicted molar refractivity (Wildman–Crippen MR) is 226 cm³/mol.